The molecule has 1 aromatic heterocycles. The second kappa shape index (κ2) is 6.50. The molecule has 1 aliphatic rings. The Morgan fingerprint density at radius 1 is 1.39 bits per heavy atom. The van der Waals surface area contributed by atoms with Crippen LogP contribution >= 0.6 is 11.3 Å². The van der Waals surface area contributed by atoms with Gasteiger partial charge in [0.15, 0.2) is 5.13 Å². The van der Waals surface area contributed by atoms with E-state index in [0.29, 0.717) is 17.2 Å². The van der Waals surface area contributed by atoms with Gasteiger partial charge in [0.25, 0.3) is 0 Å². The molecule has 0 spiro atoms. The lowest BCUT2D eigenvalue weighted by molar-refractivity contribution is -0.117. The zero-order chi connectivity index (χ0) is 16.4. The first-order chi connectivity index (χ1) is 11.0. The largest absolute Gasteiger partial charge is 0.325 e. The quantitative estimate of drug-likeness (QED) is 0.937. The molecular weight excluding hydrogens is 310 g/mol. The topological polar surface area (TPSA) is 62.3 Å². The molecule has 0 radical (unpaired) electrons. The van der Waals surface area contributed by atoms with Gasteiger partial charge in [-0.15, -0.1) is 11.3 Å². The van der Waals surface area contributed by atoms with Crippen molar-refractivity contribution < 1.29 is 9.59 Å². The fourth-order valence-electron chi connectivity index (χ4n) is 2.58. The summed E-state index contributed by atoms with van der Waals surface area (Å²) in [6.07, 6.45) is 1.68. The van der Waals surface area contributed by atoms with Gasteiger partial charge in [-0.25, -0.2) is 4.98 Å². The lowest BCUT2D eigenvalue weighted by Gasteiger charge is -2.10. The summed E-state index contributed by atoms with van der Waals surface area (Å²) >= 11 is 1.42. The van der Waals surface area contributed by atoms with Crippen LogP contribution < -0.4 is 10.2 Å². The molecule has 1 fully saturated rings. The Labute approximate surface area is 139 Å². The first-order valence-electron chi connectivity index (χ1n) is 7.65. The van der Waals surface area contributed by atoms with Gasteiger partial charge in [-0.2, -0.15) is 0 Å². The first kappa shape index (κ1) is 15.7. The van der Waals surface area contributed by atoms with Crippen molar-refractivity contribution in [2.24, 2.45) is 0 Å². The highest BCUT2D eigenvalue weighted by Crippen LogP contribution is 2.25. The third-order valence-corrected chi connectivity index (χ3v) is 4.77. The van der Waals surface area contributed by atoms with E-state index in [2.05, 4.69) is 10.3 Å². The fraction of sp³-hybridized carbons (Fsp3) is 0.353. The van der Waals surface area contributed by atoms with Crippen LogP contribution in [0.1, 0.15) is 29.7 Å². The van der Waals surface area contributed by atoms with Crippen molar-refractivity contribution in [1.82, 2.24) is 4.98 Å². The van der Waals surface area contributed by atoms with Crippen molar-refractivity contribution in [2.45, 2.75) is 33.1 Å². The maximum absolute atomic E-state index is 12.2. The molecule has 2 amide bonds. The van der Waals surface area contributed by atoms with Crippen LogP contribution in [0, 0.1) is 13.8 Å². The van der Waals surface area contributed by atoms with Crippen LogP contribution in [0.4, 0.5) is 10.8 Å². The first-order valence-corrected chi connectivity index (χ1v) is 8.53. The van der Waals surface area contributed by atoms with Crippen LogP contribution in [0.15, 0.2) is 23.6 Å². The van der Waals surface area contributed by atoms with Crippen LogP contribution in [-0.2, 0) is 16.0 Å². The minimum Gasteiger partial charge on any atom is -0.325 e. The number of rotatable bonds is 4. The Balaban J connectivity index is 1.65. The second-order valence-corrected chi connectivity index (χ2v) is 6.65. The Kier molecular flexibility index (Phi) is 4.43. The summed E-state index contributed by atoms with van der Waals surface area (Å²) in [5, 5.41) is 5.48. The van der Waals surface area contributed by atoms with Gasteiger partial charge in [-0.1, -0.05) is 12.1 Å². The van der Waals surface area contributed by atoms with E-state index >= 15 is 0 Å². The van der Waals surface area contributed by atoms with Gasteiger partial charge in [-0.3, -0.25) is 14.5 Å². The monoisotopic (exact) mass is 329 g/mol. The number of hydrogen-bond donors (Lipinski definition) is 1. The van der Waals surface area contributed by atoms with E-state index in [4.69, 9.17) is 0 Å². The molecule has 0 atom stereocenters. The highest BCUT2D eigenvalue weighted by molar-refractivity contribution is 7.14. The maximum atomic E-state index is 12.2. The smallest absolute Gasteiger partial charge is 0.230 e. The van der Waals surface area contributed by atoms with E-state index in [0.717, 1.165) is 29.8 Å². The number of aryl methyl sites for hydroxylation is 2. The van der Waals surface area contributed by atoms with E-state index in [1.54, 1.807) is 4.90 Å². The van der Waals surface area contributed by atoms with Crippen molar-refractivity contribution in [3.63, 3.8) is 0 Å². The number of benzene rings is 1. The minimum absolute atomic E-state index is 0.0942. The molecule has 3 rings (SSSR count). The number of carbonyl (C=O) groups excluding carboxylic acids is 2. The Morgan fingerprint density at radius 2 is 2.22 bits per heavy atom. The van der Waals surface area contributed by atoms with Crippen molar-refractivity contribution >= 4 is 34.0 Å². The molecule has 5 nitrogen and oxygen atoms in total. The lowest BCUT2D eigenvalue weighted by Crippen LogP contribution is -2.23. The minimum atomic E-state index is -0.0942. The van der Waals surface area contributed by atoms with Gasteiger partial charge in [0.05, 0.1) is 12.1 Å². The molecule has 1 aliphatic heterocycles. The standard InChI is InChI=1S/C17H19N3O2S/c1-11-5-6-12(2)14(8-11)19-15(21)9-13-10-23-17(18-13)20-7-3-4-16(20)22/h5-6,8,10H,3-4,7,9H2,1-2H3,(H,19,21). The van der Waals surface area contributed by atoms with Crippen LogP contribution in [0.5, 0.6) is 0 Å². The van der Waals surface area contributed by atoms with Gasteiger partial charge in [0.2, 0.25) is 11.8 Å². The summed E-state index contributed by atoms with van der Waals surface area (Å²) in [6, 6.07) is 5.97. The summed E-state index contributed by atoms with van der Waals surface area (Å²) in [6.45, 7) is 4.68. The van der Waals surface area contributed by atoms with Crippen LogP contribution in [-0.4, -0.2) is 23.3 Å². The number of aromatic nitrogens is 1. The number of thiazole rings is 1. The van der Waals surface area contributed by atoms with Gasteiger partial charge in [-0.05, 0) is 37.5 Å². The highest BCUT2D eigenvalue weighted by Gasteiger charge is 2.24. The fourth-order valence-corrected chi connectivity index (χ4v) is 3.45. The van der Waals surface area contributed by atoms with Crippen LogP contribution in [0.3, 0.4) is 0 Å². The number of carbonyl (C=O) groups is 2. The van der Waals surface area contributed by atoms with Crippen molar-refractivity contribution in [2.75, 3.05) is 16.8 Å². The maximum Gasteiger partial charge on any atom is 0.230 e. The number of nitrogens with one attached hydrogen (secondary N) is 1. The number of nitrogens with zero attached hydrogens (tertiary/aromatic N) is 2. The zero-order valence-corrected chi connectivity index (χ0v) is 14.1. The number of anilines is 2. The summed E-state index contributed by atoms with van der Waals surface area (Å²) in [5.41, 5.74) is 3.67. The third-order valence-electron chi connectivity index (χ3n) is 3.85. The average Bonchev–Trinajstić information content (AvgIpc) is 3.11. The van der Waals surface area contributed by atoms with E-state index in [-0.39, 0.29) is 18.2 Å². The van der Waals surface area contributed by atoms with Crippen molar-refractivity contribution in [3.05, 3.63) is 40.4 Å². The van der Waals surface area contributed by atoms with E-state index < -0.39 is 0 Å². The molecule has 2 heterocycles. The summed E-state index contributed by atoms with van der Waals surface area (Å²) in [4.78, 5) is 30.1. The molecule has 0 saturated carbocycles. The predicted octanol–water partition coefficient (Wildman–Crippen LogP) is 3.07. The molecule has 2 aromatic rings. The SMILES string of the molecule is Cc1ccc(C)c(NC(=O)Cc2csc(N3CCCC3=O)n2)c1. The van der Waals surface area contributed by atoms with Gasteiger partial charge in [0, 0.05) is 24.0 Å². The summed E-state index contributed by atoms with van der Waals surface area (Å²) in [7, 11) is 0. The molecular formula is C17H19N3O2S. The zero-order valence-electron chi connectivity index (χ0n) is 13.3. The van der Waals surface area contributed by atoms with E-state index in [1.807, 2.05) is 37.4 Å². The van der Waals surface area contributed by atoms with Crippen LogP contribution in [0.25, 0.3) is 0 Å². The Morgan fingerprint density at radius 3 is 2.96 bits per heavy atom. The number of hydrogen-bond acceptors (Lipinski definition) is 4. The lowest BCUT2D eigenvalue weighted by atomic mass is 10.1. The molecule has 1 aromatic carbocycles. The molecule has 120 valence electrons. The Hall–Kier alpha value is -2.21. The van der Waals surface area contributed by atoms with Crippen molar-refractivity contribution in [3.8, 4) is 0 Å². The Bertz CT molecular complexity index is 754. The van der Waals surface area contributed by atoms with Gasteiger partial charge in [0.1, 0.15) is 0 Å². The molecule has 0 bridgehead atoms. The molecule has 1 N–H and O–H groups in total. The normalized spacial score (nSPS) is 14.3. The molecule has 0 unspecified atom stereocenters. The molecule has 1 saturated heterocycles. The van der Waals surface area contributed by atoms with Crippen molar-refractivity contribution in [1.29, 1.82) is 0 Å². The molecule has 6 heteroatoms. The third kappa shape index (κ3) is 3.59. The molecule has 0 aliphatic carbocycles. The van der Waals surface area contributed by atoms with Gasteiger partial charge < -0.3 is 5.32 Å². The van der Waals surface area contributed by atoms with Crippen LogP contribution in [0.2, 0.25) is 0 Å². The predicted molar refractivity (Wildman–Crippen MR) is 92.0 cm³/mol. The highest BCUT2D eigenvalue weighted by atomic mass is 32.1. The number of amides is 2. The summed E-state index contributed by atoms with van der Waals surface area (Å²) < 4.78 is 0. The van der Waals surface area contributed by atoms with Gasteiger partial charge >= 0.3 is 0 Å². The second-order valence-electron chi connectivity index (χ2n) is 5.81. The molecule has 23 heavy (non-hydrogen) atoms. The summed E-state index contributed by atoms with van der Waals surface area (Å²) in [5.74, 6) is 0.0223. The van der Waals surface area contributed by atoms with E-state index in [1.165, 1.54) is 11.3 Å². The average molecular weight is 329 g/mol. The van der Waals surface area contributed by atoms with E-state index in [9.17, 15) is 9.59 Å².